The Balaban J connectivity index is 2.00. The lowest BCUT2D eigenvalue weighted by Crippen LogP contribution is -2.29. The predicted octanol–water partition coefficient (Wildman–Crippen LogP) is 4.52. The molecular formula is C21H24F3N3O4S. The second-order valence-corrected chi connectivity index (χ2v) is 8.90. The van der Waals surface area contributed by atoms with Crippen LogP contribution in [0.4, 0.5) is 13.2 Å². The number of fused-ring (bicyclic) bond motifs is 1. The normalized spacial score (nSPS) is 13.3. The van der Waals surface area contributed by atoms with E-state index in [1.54, 1.807) is 11.5 Å². The summed E-state index contributed by atoms with van der Waals surface area (Å²) in [7, 11) is -1.15. The van der Waals surface area contributed by atoms with Crippen molar-refractivity contribution in [1.29, 1.82) is 0 Å². The molecule has 7 nitrogen and oxygen atoms in total. The lowest BCUT2D eigenvalue weighted by atomic mass is 10.2. The lowest BCUT2D eigenvalue weighted by molar-refractivity contribution is -0.137. The van der Waals surface area contributed by atoms with Gasteiger partial charge in [-0.3, -0.25) is 0 Å². The first-order valence-corrected chi connectivity index (χ1v) is 11.3. The van der Waals surface area contributed by atoms with Crippen LogP contribution in [-0.2, 0) is 22.7 Å². The average Bonchev–Trinajstić information content (AvgIpc) is 3.10. The molecule has 1 aromatic heterocycles. The molecule has 174 valence electrons. The minimum atomic E-state index is -4.49. The number of halogens is 3. The molecule has 1 atom stereocenters. The van der Waals surface area contributed by atoms with Gasteiger partial charge in [0.25, 0.3) is 0 Å². The van der Waals surface area contributed by atoms with Crippen molar-refractivity contribution in [2.75, 3.05) is 14.2 Å². The Morgan fingerprint density at radius 1 is 1.09 bits per heavy atom. The number of ether oxygens (including phenoxy) is 2. The molecule has 0 saturated carbocycles. The number of aryl methyl sites for hydroxylation is 1. The number of alkyl halides is 3. The smallest absolute Gasteiger partial charge is 0.416 e. The van der Waals surface area contributed by atoms with Gasteiger partial charge >= 0.3 is 6.18 Å². The number of nitrogens with one attached hydrogen (secondary N) is 1. The van der Waals surface area contributed by atoms with Crippen LogP contribution in [0.3, 0.4) is 0 Å². The van der Waals surface area contributed by atoms with Gasteiger partial charge in [-0.05, 0) is 43.7 Å². The van der Waals surface area contributed by atoms with E-state index < -0.39 is 27.8 Å². The van der Waals surface area contributed by atoms with Crippen molar-refractivity contribution >= 4 is 21.1 Å². The summed E-state index contributed by atoms with van der Waals surface area (Å²) in [6.07, 6.45) is -3.86. The van der Waals surface area contributed by atoms with Crippen LogP contribution < -0.4 is 14.2 Å². The molecule has 0 fully saturated rings. The van der Waals surface area contributed by atoms with Crippen molar-refractivity contribution in [2.45, 2.75) is 43.9 Å². The summed E-state index contributed by atoms with van der Waals surface area (Å²) in [6.45, 7) is 3.85. The van der Waals surface area contributed by atoms with E-state index in [2.05, 4.69) is 9.71 Å². The Bertz CT molecular complexity index is 1220. The third-order valence-electron chi connectivity index (χ3n) is 4.94. The Kier molecular flexibility index (Phi) is 6.70. The Hall–Kier alpha value is -2.79. The second-order valence-electron chi connectivity index (χ2n) is 7.18. The van der Waals surface area contributed by atoms with Crippen LogP contribution in [0.25, 0.3) is 11.0 Å². The number of imidazole rings is 1. The highest BCUT2D eigenvalue weighted by Gasteiger charge is 2.31. The summed E-state index contributed by atoms with van der Waals surface area (Å²) in [5.41, 5.74) is -0.125. The van der Waals surface area contributed by atoms with E-state index in [0.29, 0.717) is 35.6 Å². The molecule has 0 amide bonds. The maximum atomic E-state index is 13.2. The summed E-state index contributed by atoms with van der Waals surface area (Å²) < 4.78 is 79.9. The SMILES string of the molecule is CCCn1c(C(C)NS(=O)(=O)c2ccc(OC)c(OC)c2)nc2ccc(C(F)(F)F)cc21. The highest BCUT2D eigenvalue weighted by atomic mass is 32.2. The zero-order chi connectivity index (χ0) is 23.7. The fourth-order valence-electron chi connectivity index (χ4n) is 3.44. The van der Waals surface area contributed by atoms with Crippen LogP contribution in [0.1, 0.15) is 37.7 Å². The molecule has 2 aromatic carbocycles. The van der Waals surface area contributed by atoms with Crippen LogP contribution >= 0.6 is 0 Å². The van der Waals surface area contributed by atoms with Gasteiger partial charge in [-0.1, -0.05) is 6.92 Å². The second kappa shape index (κ2) is 8.99. The zero-order valence-electron chi connectivity index (χ0n) is 18.0. The van der Waals surface area contributed by atoms with E-state index in [9.17, 15) is 21.6 Å². The molecule has 3 rings (SSSR count). The van der Waals surface area contributed by atoms with Gasteiger partial charge < -0.3 is 14.0 Å². The Labute approximate surface area is 184 Å². The summed E-state index contributed by atoms with van der Waals surface area (Å²) in [5, 5.41) is 0. The number of nitrogens with zero attached hydrogens (tertiary/aromatic N) is 2. The summed E-state index contributed by atoms with van der Waals surface area (Å²) in [4.78, 5) is 4.38. The maximum absolute atomic E-state index is 13.2. The van der Waals surface area contributed by atoms with E-state index in [0.717, 1.165) is 12.1 Å². The van der Waals surface area contributed by atoms with E-state index in [4.69, 9.17) is 9.47 Å². The molecule has 0 aliphatic rings. The number of hydrogen-bond donors (Lipinski definition) is 1. The number of benzene rings is 2. The van der Waals surface area contributed by atoms with Crippen molar-refractivity contribution in [2.24, 2.45) is 0 Å². The summed E-state index contributed by atoms with van der Waals surface area (Å²) in [6, 6.07) is 6.68. The van der Waals surface area contributed by atoms with E-state index >= 15 is 0 Å². The molecule has 1 unspecified atom stereocenters. The molecule has 1 N–H and O–H groups in total. The molecule has 0 bridgehead atoms. The molecule has 11 heteroatoms. The largest absolute Gasteiger partial charge is 0.493 e. The third kappa shape index (κ3) is 4.68. The van der Waals surface area contributed by atoms with E-state index in [1.807, 2.05) is 6.92 Å². The third-order valence-corrected chi connectivity index (χ3v) is 6.48. The molecule has 0 radical (unpaired) electrons. The highest BCUT2D eigenvalue weighted by molar-refractivity contribution is 7.89. The highest BCUT2D eigenvalue weighted by Crippen LogP contribution is 2.33. The molecule has 0 saturated heterocycles. The summed E-state index contributed by atoms with van der Waals surface area (Å²) in [5.74, 6) is 0.955. The number of methoxy groups -OCH3 is 2. The zero-order valence-corrected chi connectivity index (χ0v) is 18.8. The van der Waals surface area contributed by atoms with Gasteiger partial charge in [0, 0.05) is 12.6 Å². The first kappa shape index (κ1) is 23.9. The summed E-state index contributed by atoms with van der Waals surface area (Å²) >= 11 is 0. The average molecular weight is 472 g/mol. The minimum absolute atomic E-state index is 0.0421. The van der Waals surface area contributed by atoms with Gasteiger partial charge in [0.1, 0.15) is 5.82 Å². The molecular weight excluding hydrogens is 447 g/mol. The topological polar surface area (TPSA) is 82.5 Å². The van der Waals surface area contributed by atoms with Crippen LogP contribution in [0, 0.1) is 0 Å². The van der Waals surface area contributed by atoms with Crippen molar-refractivity contribution < 1.29 is 31.1 Å². The molecule has 3 aromatic rings. The maximum Gasteiger partial charge on any atom is 0.416 e. The quantitative estimate of drug-likeness (QED) is 0.522. The van der Waals surface area contributed by atoms with E-state index in [1.165, 1.54) is 38.5 Å². The van der Waals surface area contributed by atoms with Gasteiger partial charge in [-0.15, -0.1) is 0 Å². The molecule has 0 aliphatic carbocycles. The van der Waals surface area contributed by atoms with Crippen LogP contribution in [0.2, 0.25) is 0 Å². The first-order chi connectivity index (χ1) is 15.0. The van der Waals surface area contributed by atoms with Crippen molar-refractivity contribution in [1.82, 2.24) is 14.3 Å². The lowest BCUT2D eigenvalue weighted by Gasteiger charge is -2.17. The van der Waals surface area contributed by atoms with Gasteiger partial charge in [-0.25, -0.2) is 18.1 Å². The standard InChI is InChI=1S/C21H24F3N3O4S/c1-5-10-27-17-11-14(21(22,23)24)6-8-16(17)25-20(27)13(2)26-32(28,29)15-7-9-18(30-3)19(12-15)31-4/h6-9,11-13,26H,5,10H2,1-4H3. The number of hydrogen-bond acceptors (Lipinski definition) is 5. The minimum Gasteiger partial charge on any atom is -0.493 e. The van der Waals surface area contributed by atoms with E-state index in [-0.39, 0.29) is 10.6 Å². The number of sulfonamides is 1. The van der Waals surface area contributed by atoms with Crippen molar-refractivity contribution in [3.63, 3.8) is 0 Å². The monoisotopic (exact) mass is 471 g/mol. The number of aromatic nitrogens is 2. The molecule has 32 heavy (non-hydrogen) atoms. The fraction of sp³-hybridized carbons (Fsp3) is 0.381. The van der Waals surface area contributed by atoms with Crippen LogP contribution in [0.15, 0.2) is 41.3 Å². The predicted molar refractivity (Wildman–Crippen MR) is 113 cm³/mol. The van der Waals surface area contributed by atoms with Gasteiger partial charge in [0.15, 0.2) is 11.5 Å². The van der Waals surface area contributed by atoms with Crippen molar-refractivity contribution in [3.05, 3.63) is 47.8 Å². The molecule has 0 spiro atoms. The first-order valence-electron chi connectivity index (χ1n) is 9.83. The molecule has 0 aliphatic heterocycles. The van der Waals surface area contributed by atoms with Crippen LogP contribution in [0.5, 0.6) is 11.5 Å². The van der Waals surface area contributed by atoms with Gasteiger partial charge in [-0.2, -0.15) is 13.2 Å². The Morgan fingerprint density at radius 3 is 2.38 bits per heavy atom. The molecule has 1 heterocycles. The Morgan fingerprint density at radius 2 is 1.78 bits per heavy atom. The number of rotatable bonds is 8. The fourth-order valence-corrected chi connectivity index (χ4v) is 4.66. The van der Waals surface area contributed by atoms with Crippen LogP contribution in [-0.4, -0.2) is 32.2 Å². The van der Waals surface area contributed by atoms with Gasteiger partial charge in [0.2, 0.25) is 10.0 Å². The van der Waals surface area contributed by atoms with Crippen molar-refractivity contribution in [3.8, 4) is 11.5 Å². The van der Waals surface area contributed by atoms with Gasteiger partial charge in [0.05, 0.1) is 41.8 Å².